The molecule has 4 heteroatoms. The first-order valence-corrected chi connectivity index (χ1v) is 4.88. The molecule has 0 heterocycles. The van der Waals surface area contributed by atoms with Crippen molar-refractivity contribution in [2.45, 2.75) is 6.42 Å². The second kappa shape index (κ2) is 6.37. The van der Waals surface area contributed by atoms with E-state index in [4.69, 9.17) is 15.2 Å². The van der Waals surface area contributed by atoms with Gasteiger partial charge in [0, 0.05) is 6.54 Å². The van der Waals surface area contributed by atoms with E-state index in [0.717, 1.165) is 5.56 Å². The summed E-state index contributed by atoms with van der Waals surface area (Å²) >= 11 is 0. The Kier molecular flexibility index (Phi) is 5.07. The molecule has 1 rings (SSSR count). The summed E-state index contributed by atoms with van der Waals surface area (Å²) in [4.78, 5) is 0. The Morgan fingerprint density at radius 2 is 2.13 bits per heavy atom. The summed E-state index contributed by atoms with van der Waals surface area (Å²) in [5.74, 6) is 0.428. The first-order valence-electron chi connectivity index (χ1n) is 4.88. The summed E-state index contributed by atoms with van der Waals surface area (Å²) < 4.78 is 23.3. The molecule has 0 aliphatic rings. The Labute approximate surface area is 89.0 Å². The van der Waals surface area contributed by atoms with E-state index in [1.165, 1.54) is 12.1 Å². The molecule has 0 atom stereocenters. The van der Waals surface area contributed by atoms with Crippen LogP contribution in [0.3, 0.4) is 0 Å². The van der Waals surface area contributed by atoms with Gasteiger partial charge in [-0.2, -0.15) is 0 Å². The fourth-order valence-electron chi connectivity index (χ4n) is 1.31. The van der Waals surface area contributed by atoms with Crippen LogP contribution >= 0.6 is 0 Å². The number of hydrogen-bond acceptors (Lipinski definition) is 3. The Bertz CT molecular complexity index is 305. The molecular weight excluding hydrogens is 197 g/mol. The zero-order valence-electron chi connectivity index (χ0n) is 8.83. The van der Waals surface area contributed by atoms with Crippen LogP contribution in [-0.4, -0.2) is 26.9 Å². The van der Waals surface area contributed by atoms with Crippen molar-refractivity contribution in [2.75, 3.05) is 26.9 Å². The van der Waals surface area contributed by atoms with Gasteiger partial charge in [-0.1, -0.05) is 0 Å². The first-order chi connectivity index (χ1) is 7.27. The zero-order valence-corrected chi connectivity index (χ0v) is 8.83. The molecule has 0 fully saturated rings. The number of methoxy groups -OCH3 is 1. The lowest BCUT2D eigenvalue weighted by atomic mass is 10.1. The maximum absolute atomic E-state index is 12.9. The molecule has 0 aromatic heterocycles. The van der Waals surface area contributed by atoms with Crippen LogP contribution in [0, 0.1) is 5.82 Å². The predicted octanol–water partition coefficient (Wildman–Crippen LogP) is 1.35. The van der Waals surface area contributed by atoms with Crippen LogP contribution in [-0.2, 0) is 11.2 Å². The van der Waals surface area contributed by atoms with E-state index in [-0.39, 0.29) is 5.82 Å². The van der Waals surface area contributed by atoms with Crippen LogP contribution in [0.4, 0.5) is 4.39 Å². The highest BCUT2D eigenvalue weighted by molar-refractivity contribution is 5.34. The summed E-state index contributed by atoms with van der Waals surface area (Å²) in [7, 11) is 1.57. The van der Waals surface area contributed by atoms with Crippen molar-refractivity contribution in [1.29, 1.82) is 0 Å². The number of halogens is 1. The monoisotopic (exact) mass is 213 g/mol. The average molecular weight is 213 g/mol. The molecule has 0 saturated carbocycles. The largest absolute Gasteiger partial charge is 0.496 e. The number of hydrogen-bond donors (Lipinski definition) is 1. The van der Waals surface area contributed by atoms with Crippen molar-refractivity contribution in [3.05, 3.63) is 29.6 Å². The molecule has 0 aliphatic heterocycles. The molecule has 0 saturated heterocycles. The summed E-state index contributed by atoms with van der Waals surface area (Å²) in [5.41, 5.74) is 6.09. The van der Waals surface area contributed by atoms with Gasteiger partial charge in [-0.3, -0.25) is 0 Å². The molecule has 0 radical (unpaired) electrons. The van der Waals surface area contributed by atoms with E-state index in [2.05, 4.69) is 0 Å². The molecule has 0 aliphatic carbocycles. The predicted molar refractivity (Wildman–Crippen MR) is 56.5 cm³/mol. The maximum Gasteiger partial charge on any atom is 0.123 e. The summed E-state index contributed by atoms with van der Waals surface area (Å²) in [6.45, 7) is 1.55. The van der Waals surface area contributed by atoms with E-state index in [1.54, 1.807) is 13.2 Å². The lowest BCUT2D eigenvalue weighted by Gasteiger charge is -2.08. The molecule has 2 N–H and O–H groups in total. The van der Waals surface area contributed by atoms with Crippen LogP contribution in [0.15, 0.2) is 18.2 Å². The molecule has 1 aromatic carbocycles. The van der Waals surface area contributed by atoms with Gasteiger partial charge in [0.1, 0.15) is 11.6 Å². The Hall–Kier alpha value is -1.13. The molecule has 0 amide bonds. The summed E-state index contributed by atoms with van der Waals surface area (Å²) in [5, 5.41) is 0. The van der Waals surface area contributed by atoms with Gasteiger partial charge in [0.15, 0.2) is 0 Å². The van der Waals surface area contributed by atoms with Crippen molar-refractivity contribution >= 4 is 0 Å². The van der Waals surface area contributed by atoms with Crippen molar-refractivity contribution in [2.24, 2.45) is 5.73 Å². The molecule has 0 spiro atoms. The van der Waals surface area contributed by atoms with E-state index in [9.17, 15) is 4.39 Å². The Morgan fingerprint density at radius 1 is 1.33 bits per heavy atom. The van der Waals surface area contributed by atoms with Gasteiger partial charge in [0.2, 0.25) is 0 Å². The number of nitrogens with two attached hydrogens (primary N) is 1. The minimum absolute atomic E-state index is 0.260. The van der Waals surface area contributed by atoms with Crippen LogP contribution in [0.1, 0.15) is 5.56 Å². The van der Waals surface area contributed by atoms with Crippen LogP contribution in [0.25, 0.3) is 0 Å². The van der Waals surface area contributed by atoms with Crippen LogP contribution < -0.4 is 10.5 Å². The Morgan fingerprint density at radius 3 is 2.80 bits per heavy atom. The summed E-state index contributed by atoms with van der Waals surface area (Å²) in [6, 6.07) is 4.46. The van der Waals surface area contributed by atoms with E-state index in [1.807, 2.05) is 0 Å². The lowest BCUT2D eigenvalue weighted by molar-refractivity contribution is 0.144. The number of ether oxygens (including phenoxy) is 2. The van der Waals surface area contributed by atoms with Crippen molar-refractivity contribution in [3.8, 4) is 5.75 Å². The van der Waals surface area contributed by atoms with E-state index in [0.29, 0.717) is 31.9 Å². The lowest BCUT2D eigenvalue weighted by Crippen LogP contribution is -2.10. The third-order valence-corrected chi connectivity index (χ3v) is 2.02. The molecule has 0 unspecified atom stereocenters. The molecule has 0 bridgehead atoms. The second-order valence-corrected chi connectivity index (χ2v) is 3.11. The number of rotatable bonds is 6. The van der Waals surface area contributed by atoms with Crippen molar-refractivity contribution < 1.29 is 13.9 Å². The molecule has 1 aromatic rings. The zero-order chi connectivity index (χ0) is 11.1. The second-order valence-electron chi connectivity index (χ2n) is 3.11. The van der Waals surface area contributed by atoms with Crippen LogP contribution in [0.2, 0.25) is 0 Å². The molecule has 15 heavy (non-hydrogen) atoms. The molecule has 84 valence electrons. The van der Waals surface area contributed by atoms with Crippen LogP contribution in [0.5, 0.6) is 5.75 Å². The quantitative estimate of drug-likeness (QED) is 0.725. The Balaban J connectivity index is 2.54. The topological polar surface area (TPSA) is 44.5 Å². The fourth-order valence-corrected chi connectivity index (χ4v) is 1.31. The maximum atomic E-state index is 12.9. The third kappa shape index (κ3) is 3.85. The average Bonchev–Trinajstić information content (AvgIpc) is 2.25. The highest BCUT2D eigenvalue weighted by Gasteiger charge is 2.04. The van der Waals surface area contributed by atoms with Gasteiger partial charge < -0.3 is 15.2 Å². The van der Waals surface area contributed by atoms with Crippen molar-refractivity contribution in [3.63, 3.8) is 0 Å². The van der Waals surface area contributed by atoms with E-state index < -0.39 is 0 Å². The first kappa shape index (κ1) is 11.9. The highest BCUT2D eigenvalue weighted by atomic mass is 19.1. The number of benzene rings is 1. The van der Waals surface area contributed by atoms with Gasteiger partial charge in [0.05, 0.1) is 20.3 Å². The van der Waals surface area contributed by atoms with Crippen molar-refractivity contribution in [1.82, 2.24) is 0 Å². The normalized spacial score (nSPS) is 10.3. The SMILES string of the molecule is COc1ccc(F)cc1CCOCCN. The van der Waals surface area contributed by atoms with Gasteiger partial charge in [-0.25, -0.2) is 4.39 Å². The smallest absolute Gasteiger partial charge is 0.123 e. The minimum atomic E-state index is -0.260. The summed E-state index contributed by atoms with van der Waals surface area (Å²) in [6.07, 6.45) is 0.626. The fraction of sp³-hybridized carbons (Fsp3) is 0.455. The molecule has 3 nitrogen and oxygen atoms in total. The van der Waals surface area contributed by atoms with E-state index >= 15 is 0 Å². The molecular formula is C11H16FNO2. The van der Waals surface area contributed by atoms with Gasteiger partial charge in [-0.05, 0) is 30.2 Å². The third-order valence-electron chi connectivity index (χ3n) is 2.02. The standard InChI is InChI=1S/C11H16FNO2/c1-14-11-3-2-10(12)8-9(11)4-6-15-7-5-13/h2-3,8H,4-7,13H2,1H3. The van der Waals surface area contributed by atoms with Gasteiger partial charge in [-0.15, -0.1) is 0 Å². The van der Waals surface area contributed by atoms with Gasteiger partial charge in [0.25, 0.3) is 0 Å². The van der Waals surface area contributed by atoms with Gasteiger partial charge >= 0.3 is 0 Å². The highest BCUT2D eigenvalue weighted by Crippen LogP contribution is 2.19. The minimum Gasteiger partial charge on any atom is -0.496 e.